The molecule has 0 amide bonds. The van der Waals surface area contributed by atoms with Crippen molar-refractivity contribution in [2.75, 3.05) is 13.2 Å². The van der Waals surface area contributed by atoms with Gasteiger partial charge in [-0.25, -0.2) is 8.78 Å². The second-order valence-corrected chi connectivity index (χ2v) is 9.44. The highest BCUT2D eigenvalue weighted by molar-refractivity contribution is 7.89. The first-order valence-electron chi connectivity index (χ1n) is 8.90. The standard InChI is InChI=1S/C19H19Cl2F2N3O3S/c1-12-5-7-14(8-6-12)30(28,29)25-24-18(17-15(20)3-2-4-16(17)21)26-11-19(22,23)9-13(26)10-27/h2-8,13,25,27H,9-11H2,1H3/b24-18+/t13-/m1/s1. The van der Waals surface area contributed by atoms with Crippen LogP contribution in [0.5, 0.6) is 0 Å². The Balaban J connectivity index is 2.07. The fourth-order valence-electron chi connectivity index (χ4n) is 3.16. The van der Waals surface area contributed by atoms with Gasteiger partial charge in [0, 0.05) is 6.42 Å². The quantitative estimate of drug-likeness (QED) is 0.391. The van der Waals surface area contributed by atoms with Crippen LogP contribution >= 0.6 is 23.2 Å². The lowest BCUT2D eigenvalue weighted by Gasteiger charge is -2.27. The number of nitrogens with one attached hydrogen (secondary N) is 1. The van der Waals surface area contributed by atoms with Crippen LogP contribution in [0.3, 0.4) is 0 Å². The van der Waals surface area contributed by atoms with E-state index in [1.807, 2.05) is 6.92 Å². The van der Waals surface area contributed by atoms with Crippen LogP contribution in [0, 0.1) is 6.92 Å². The molecule has 0 radical (unpaired) electrons. The number of benzene rings is 2. The lowest BCUT2D eigenvalue weighted by Crippen LogP contribution is -2.40. The maximum Gasteiger partial charge on any atom is 0.276 e. The van der Waals surface area contributed by atoms with Gasteiger partial charge in [-0.05, 0) is 31.2 Å². The lowest BCUT2D eigenvalue weighted by atomic mass is 10.1. The first-order chi connectivity index (χ1) is 14.0. The van der Waals surface area contributed by atoms with Crippen molar-refractivity contribution in [2.45, 2.75) is 30.2 Å². The van der Waals surface area contributed by atoms with E-state index in [1.165, 1.54) is 24.3 Å². The van der Waals surface area contributed by atoms with Gasteiger partial charge in [0.1, 0.15) is 0 Å². The maximum atomic E-state index is 14.1. The minimum atomic E-state index is -4.09. The number of halogens is 4. The molecule has 1 fully saturated rings. The van der Waals surface area contributed by atoms with E-state index >= 15 is 0 Å². The van der Waals surface area contributed by atoms with Crippen molar-refractivity contribution in [3.63, 3.8) is 0 Å². The molecule has 0 unspecified atom stereocenters. The average Bonchev–Trinajstić information content (AvgIpc) is 2.99. The van der Waals surface area contributed by atoms with Crippen LogP contribution in [-0.4, -0.2) is 49.4 Å². The Morgan fingerprint density at radius 1 is 1.23 bits per heavy atom. The number of likely N-dealkylation sites (tertiary alicyclic amines) is 1. The molecule has 1 aliphatic heterocycles. The fourth-order valence-corrected chi connectivity index (χ4v) is 4.53. The number of aliphatic hydroxyl groups is 1. The van der Waals surface area contributed by atoms with E-state index in [9.17, 15) is 22.3 Å². The molecule has 1 saturated heterocycles. The molecule has 1 heterocycles. The molecular weight excluding hydrogens is 459 g/mol. The van der Waals surface area contributed by atoms with Crippen molar-refractivity contribution in [1.82, 2.24) is 9.73 Å². The van der Waals surface area contributed by atoms with Crippen molar-refractivity contribution in [3.8, 4) is 0 Å². The SMILES string of the molecule is Cc1ccc(S(=O)(=O)N/N=C(\c2c(Cl)cccc2Cl)N2CC(F)(F)C[C@@H]2CO)cc1. The van der Waals surface area contributed by atoms with Gasteiger partial charge >= 0.3 is 0 Å². The van der Waals surface area contributed by atoms with Gasteiger partial charge in [-0.2, -0.15) is 13.2 Å². The van der Waals surface area contributed by atoms with E-state index in [4.69, 9.17) is 23.2 Å². The van der Waals surface area contributed by atoms with Crippen molar-refractivity contribution in [2.24, 2.45) is 5.10 Å². The highest BCUT2D eigenvalue weighted by Gasteiger charge is 2.46. The summed E-state index contributed by atoms with van der Waals surface area (Å²) in [6, 6.07) is 9.56. The van der Waals surface area contributed by atoms with Crippen LogP contribution in [-0.2, 0) is 10.0 Å². The molecule has 2 aromatic carbocycles. The second kappa shape index (κ2) is 8.66. The molecule has 0 saturated carbocycles. The third kappa shape index (κ3) is 4.85. The molecule has 6 nitrogen and oxygen atoms in total. The number of amidine groups is 1. The van der Waals surface area contributed by atoms with Crippen molar-refractivity contribution < 1.29 is 22.3 Å². The summed E-state index contributed by atoms with van der Waals surface area (Å²) in [4.78, 5) is 3.14. The number of aryl methyl sites for hydroxylation is 1. The smallest absolute Gasteiger partial charge is 0.276 e. The van der Waals surface area contributed by atoms with Gasteiger partial charge in [-0.15, -0.1) is 5.10 Å². The molecule has 0 aromatic heterocycles. The van der Waals surface area contributed by atoms with Gasteiger partial charge in [0.2, 0.25) is 0 Å². The minimum Gasteiger partial charge on any atom is -0.394 e. The first-order valence-corrected chi connectivity index (χ1v) is 11.1. The zero-order valence-electron chi connectivity index (χ0n) is 15.8. The fraction of sp³-hybridized carbons (Fsp3) is 0.316. The van der Waals surface area contributed by atoms with Crippen molar-refractivity contribution in [3.05, 3.63) is 63.6 Å². The Hall–Kier alpha value is -1.94. The van der Waals surface area contributed by atoms with Crippen molar-refractivity contribution >= 4 is 39.1 Å². The number of nitrogens with zero attached hydrogens (tertiary/aromatic N) is 2. The van der Waals surface area contributed by atoms with E-state index < -0.39 is 41.6 Å². The predicted octanol–water partition coefficient (Wildman–Crippen LogP) is 3.64. The second-order valence-electron chi connectivity index (χ2n) is 6.96. The average molecular weight is 478 g/mol. The normalized spacial score (nSPS) is 19.2. The Morgan fingerprint density at radius 3 is 2.40 bits per heavy atom. The molecule has 3 rings (SSSR count). The Bertz CT molecular complexity index is 1040. The summed E-state index contributed by atoms with van der Waals surface area (Å²) >= 11 is 12.5. The van der Waals surface area contributed by atoms with E-state index in [-0.39, 0.29) is 26.3 Å². The van der Waals surface area contributed by atoms with Gasteiger partial charge < -0.3 is 10.0 Å². The van der Waals surface area contributed by atoms with E-state index in [0.717, 1.165) is 10.5 Å². The van der Waals surface area contributed by atoms with E-state index in [0.29, 0.717) is 0 Å². The number of aliphatic hydroxyl groups excluding tert-OH is 1. The summed E-state index contributed by atoms with van der Waals surface area (Å²) in [5.41, 5.74) is 0.953. The molecule has 1 atom stereocenters. The van der Waals surface area contributed by atoms with E-state index in [2.05, 4.69) is 9.93 Å². The summed E-state index contributed by atoms with van der Waals surface area (Å²) in [6.07, 6.45) is -0.616. The van der Waals surface area contributed by atoms with Crippen molar-refractivity contribution in [1.29, 1.82) is 0 Å². The summed E-state index contributed by atoms with van der Waals surface area (Å²) in [6.45, 7) is 0.453. The number of hydrazone groups is 1. The van der Waals surface area contributed by atoms with Gasteiger partial charge in [-0.1, -0.05) is 47.0 Å². The van der Waals surface area contributed by atoms with Crippen LogP contribution < -0.4 is 4.83 Å². The Labute approximate surface area is 183 Å². The highest BCUT2D eigenvalue weighted by Crippen LogP contribution is 2.35. The molecule has 11 heteroatoms. The van der Waals surface area contributed by atoms with E-state index in [1.54, 1.807) is 18.2 Å². The van der Waals surface area contributed by atoms with Gasteiger partial charge in [-0.3, -0.25) is 0 Å². The Kier molecular flexibility index (Phi) is 6.57. The van der Waals surface area contributed by atoms with Gasteiger partial charge in [0.05, 0.1) is 39.7 Å². The molecule has 0 spiro atoms. The summed E-state index contributed by atoms with van der Waals surface area (Å²) < 4.78 is 53.4. The lowest BCUT2D eigenvalue weighted by molar-refractivity contribution is 0.0156. The molecule has 162 valence electrons. The third-order valence-corrected chi connectivity index (χ3v) is 6.50. The van der Waals surface area contributed by atoms with Crippen LogP contribution in [0.4, 0.5) is 8.78 Å². The topological polar surface area (TPSA) is 82.0 Å². The van der Waals surface area contributed by atoms with Gasteiger partial charge in [0.15, 0.2) is 5.84 Å². The zero-order chi connectivity index (χ0) is 22.1. The number of hydrogen-bond acceptors (Lipinski definition) is 4. The Morgan fingerprint density at radius 2 is 1.83 bits per heavy atom. The highest BCUT2D eigenvalue weighted by atomic mass is 35.5. The number of hydrogen-bond donors (Lipinski definition) is 2. The predicted molar refractivity (Wildman–Crippen MR) is 112 cm³/mol. The molecule has 1 aliphatic rings. The number of alkyl halides is 2. The van der Waals surface area contributed by atoms with Crippen LogP contribution in [0.1, 0.15) is 17.5 Å². The monoisotopic (exact) mass is 477 g/mol. The number of rotatable bonds is 5. The maximum absolute atomic E-state index is 14.1. The molecule has 0 aliphatic carbocycles. The molecule has 0 bridgehead atoms. The molecular formula is C19H19Cl2F2N3O3S. The van der Waals surface area contributed by atoms with Crippen LogP contribution in [0.15, 0.2) is 52.5 Å². The summed E-state index contributed by atoms with van der Waals surface area (Å²) in [7, 11) is -4.09. The number of sulfonamides is 1. The molecule has 2 N–H and O–H groups in total. The minimum absolute atomic E-state index is 0.0492. The van der Waals surface area contributed by atoms with Gasteiger partial charge in [0.25, 0.3) is 15.9 Å². The summed E-state index contributed by atoms with van der Waals surface area (Å²) in [5, 5.41) is 13.7. The first kappa shape index (κ1) is 22.7. The zero-order valence-corrected chi connectivity index (χ0v) is 18.1. The van der Waals surface area contributed by atoms with Crippen LogP contribution in [0.2, 0.25) is 10.0 Å². The largest absolute Gasteiger partial charge is 0.394 e. The summed E-state index contributed by atoms with van der Waals surface area (Å²) in [5.74, 6) is -3.30. The molecule has 30 heavy (non-hydrogen) atoms. The van der Waals surface area contributed by atoms with Crippen LogP contribution in [0.25, 0.3) is 0 Å². The molecule has 2 aromatic rings. The third-order valence-electron chi connectivity index (χ3n) is 4.65.